The number of hydrogen-bond donors (Lipinski definition) is 2. The fourth-order valence-corrected chi connectivity index (χ4v) is 2.10. The summed E-state index contributed by atoms with van der Waals surface area (Å²) in [5.74, 6) is -0.382. The molecule has 0 aliphatic heterocycles. The normalized spacial score (nSPS) is 9.88. The number of nitrogens with zero attached hydrogens (tertiary/aromatic N) is 1. The van der Waals surface area contributed by atoms with Crippen LogP contribution in [0.25, 0.3) is 0 Å². The molecule has 0 atom stereocenters. The molecule has 6 heteroatoms. The van der Waals surface area contributed by atoms with E-state index in [0.717, 1.165) is 15.7 Å². The van der Waals surface area contributed by atoms with Crippen molar-refractivity contribution in [3.05, 3.63) is 28.2 Å². The molecule has 1 aromatic rings. The van der Waals surface area contributed by atoms with Gasteiger partial charge in [-0.15, -0.1) is 0 Å². The van der Waals surface area contributed by atoms with Crippen LogP contribution in [-0.2, 0) is 4.79 Å². The lowest BCUT2D eigenvalue weighted by atomic mass is 10.2. The molecule has 0 spiro atoms. The Hall–Kier alpha value is -1.14. The van der Waals surface area contributed by atoms with E-state index in [1.807, 2.05) is 12.1 Å². The highest BCUT2D eigenvalue weighted by atomic mass is 79.9. The molecule has 0 aromatic heterocycles. The quantitative estimate of drug-likeness (QED) is 0.814. The molecule has 0 heterocycles. The number of thiocarbonyl (C=S) groups is 1. The maximum Gasteiger partial charge on any atom is 0.236 e. The van der Waals surface area contributed by atoms with E-state index in [1.54, 1.807) is 18.0 Å². The van der Waals surface area contributed by atoms with Gasteiger partial charge in [-0.25, -0.2) is 0 Å². The summed E-state index contributed by atoms with van der Waals surface area (Å²) in [5.41, 5.74) is 12.3. The predicted octanol–water partition coefficient (Wildman–Crippen LogP) is 1.00. The average molecular weight is 302 g/mol. The van der Waals surface area contributed by atoms with Crippen LogP contribution in [-0.4, -0.2) is 24.5 Å². The summed E-state index contributed by atoms with van der Waals surface area (Å²) < 4.78 is 0.821. The molecule has 1 amide bonds. The van der Waals surface area contributed by atoms with Gasteiger partial charge in [-0.2, -0.15) is 0 Å². The highest BCUT2D eigenvalue weighted by molar-refractivity contribution is 9.10. The Morgan fingerprint density at radius 3 is 2.56 bits per heavy atom. The Balaban J connectivity index is 2.98. The first kappa shape index (κ1) is 12.9. The van der Waals surface area contributed by atoms with Gasteiger partial charge < -0.3 is 16.4 Å². The predicted molar refractivity (Wildman–Crippen MR) is 72.5 cm³/mol. The summed E-state index contributed by atoms with van der Waals surface area (Å²) in [6.45, 7) is 0.158. The molecule has 1 rings (SSSR count). The number of primary amides is 1. The van der Waals surface area contributed by atoms with Crippen molar-refractivity contribution in [2.24, 2.45) is 11.5 Å². The summed E-state index contributed by atoms with van der Waals surface area (Å²) >= 11 is 8.27. The maximum absolute atomic E-state index is 10.8. The fourth-order valence-electron chi connectivity index (χ4n) is 1.29. The second-order valence-corrected chi connectivity index (χ2v) is 4.65. The van der Waals surface area contributed by atoms with E-state index in [2.05, 4.69) is 15.9 Å². The minimum Gasteiger partial charge on any atom is -0.389 e. The zero-order chi connectivity index (χ0) is 12.3. The zero-order valence-corrected chi connectivity index (χ0v) is 11.1. The Bertz CT molecular complexity index is 436. The molecular weight excluding hydrogens is 290 g/mol. The minimum absolute atomic E-state index is 0.158. The molecule has 0 bridgehead atoms. The van der Waals surface area contributed by atoms with Crippen molar-refractivity contribution in [1.82, 2.24) is 0 Å². The molecule has 0 radical (unpaired) electrons. The Morgan fingerprint density at radius 1 is 1.50 bits per heavy atom. The number of carbonyl (C=O) groups is 1. The van der Waals surface area contributed by atoms with Crippen LogP contribution in [0.2, 0.25) is 0 Å². The van der Waals surface area contributed by atoms with Gasteiger partial charge in [0, 0.05) is 17.1 Å². The van der Waals surface area contributed by atoms with Crippen LogP contribution in [0.5, 0.6) is 0 Å². The monoisotopic (exact) mass is 301 g/mol. The second-order valence-electron chi connectivity index (χ2n) is 3.35. The maximum atomic E-state index is 10.8. The van der Waals surface area contributed by atoms with Gasteiger partial charge >= 0.3 is 0 Å². The highest BCUT2D eigenvalue weighted by Gasteiger charge is 2.09. The summed E-state index contributed by atoms with van der Waals surface area (Å²) in [7, 11) is 1.78. The van der Waals surface area contributed by atoms with E-state index in [1.165, 1.54) is 0 Å². The third-order valence-electron chi connectivity index (χ3n) is 2.04. The van der Waals surface area contributed by atoms with Crippen LogP contribution in [0.1, 0.15) is 5.56 Å². The van der Waals surface area contributed by atoms with Gasteiger partial charge in [-0.3, -0.25) is 4.79 Å². The molecule has 0 unspecified atom stereocenters. The number of amides is 1. The molecule has 0 aliphatic carbocycles. The van der Waals surface area contributed by atoms with Crippen molar-refractivity contribution >= 4 is 44.7 Å². The smallest absolute Gasteiger partial charge is 0.236 e. The van der Waals surface area contributed by atoms with E-state index in [-0.39, 0.29) is 12.5 Å². The highest BCUT2D eigenvalue weighted by Crippen LogP contribution is 2.26. The first-order valence-electron chi connectivity index (χ1n) is 4.50. The van der Waals surface area contributed by atoms with Crippen molar-refractivity contribution in [3.8, 4) is 0 Å². The number of halogens is 1. The van der Waals surface area contributed by atoms with Gasteiger partial charge in [-0.05, 0) is 34.1 Å². The van der Waals surface area contributed by atoms with Crippen LogP contribution >= 0.6 is 28.1 Å². The van der Waals surface area contributed by atoms with Gasteiger partial charge in [-0.1, -0.05) is 12.2 Å². The molecule has 0 saturated carbocycles. The third-order valence-corrected chi connectivity index (χ3v) is 2.91. The standard InChI is InChI=1S/C10H12BrN3OS/c1-14(5-9(12)15)8-3-2-6(10(13)16)4-7(8)11/h2-4H,5H2,1H3,(H2,12,15)(H2,13,16). The molecule has 4 nitrogen and oxygen atoms in total. The number of rotatable bonds is 4. The summed E-state index contributed by atoms with van der Waals surface area (Å²) in [5, 5.41) is 0. The molecule has 1 aromatic carbocycles. The van der Waals surface area contributed by atoms with Crippen LogP contribution in [0, 0.1) is 0 Å². The van der Waals surface area contributed by atoms with Gasteiger partial charge in [0.1, 0.15) is 4.99 Å². The average Bonchev–Trinajstić information content (AvgIpc) is 2.15. The first-order valence-corrected chi connectivity index (χ1v) is 5.70. The van der Waals surface area contributed by atoms with E-state index in [9.17, 15) is 4.79 Å². The largest absolute Gasteiger partial charge is 0.389 e. The van der Waals surface area contributed by atoms with E-state index >= 15 is 0 Å². The molecule has 0 aliphatic rings. The van der Waals surface area contributed by atoms with Crippen molar-refractivity contribution < 1.29 is 4.79 Å². The van der Waals surface area contributed by atoms with Crippen LogP contribution in [0.15, 0.2) is 22.7 Å². The summed E-state index contributed by atoms with van der Waals surface area (Å²) in [6, 6.07) is 5.45. The lowest BCUT2D eigenvalue weighted by Crippen LogP contribution is -2.30. The van der Waals surface area contributed by atoms with E-state index < -0.39 is 0 Å². The summed E-state index contributed by atoms with van der Waals surface area (Å²) in [6.07, 6.45) is 0. The topological polar surface area (TPSA) is 72.3 Å². The van der Waals surface area contributed by atoms with Gasteiger partial charge in [0.25, 0.3) is 0 Å². The molecule has 0 saturated heterocycles. The SMILES string of the molecule is CN(CC(N)=O)c1ccc(C(N)=S)cc1Br. The van der Waals surface area contributed by atoms with Crippen LogP contribution < -0.4 is 16.4 Å². The molecule has 86 valence electrons. The van der Waals surface area contributed by atoms with Gasteiger partial charge in [0.15, 0.2) is 0 Å². The van der Waals surface area contributed by atoms with Crippen molar-refractivity contribution in [1.29, 1.82) is 0 Å². The molecule has 0 fully saturated rings. The number of nitrogens with two attached hydrogens (primary N) is 2. The fraction of sp³-hybridized carbons (Fsp3) is 0.200. The third kappa shape index (κ3) is 3.18. The first-order chi connectivity index (χ1) is 7.41. The van der Waals surface area contributed by atoms with Crippen molar-refractivity contribution in [2.45, 2.75) is 0 Å². The lowest BCUT2D eigenvalue weighted by molar-refractivity contribution is -0.116. The van der Waals surface area contributed by atoms with Gasteiger partial charge in [0.2, 0.25) is 5.91 Å². The Morgan fingerprint density at radius 2 is 2.12 bits per heavy atom. The van der Waals surface area contributed by atoms with Gasteiger partial charge in [0.05, 0.1) is 12.2 Å². The Kier molecular flexibility index (Phi) is 4.26. The summed E-state index contributed by atoms with van der Waals surface area (Å²) in [4.78, 5) is 12.9. The van der Waals surface area contributed by atoms with Crippen molar-refractivity contribution in [3.63, 3.8) is 0 Å². The number of anilines is 1. The second kappa shape index (κ2) is 5.27. The molecule has 16 heavy (non-hydrogen) atoms. The van der Waals surface area contributed by atoms with Crippen LogP contribution in [0.3, 0.4) is 0 Å². The van der Waals surface area contributed by atoms with E-state index in [4.69, 9.17) is 23.7 Å². The zero-order valence-electron chi connectivity index (χ0n) is 8.74. The number of benzene rings is 1. The van der Waals surface area contributed by atoms with Crippen LogP contribution in [0.4, 0.5) is 5.69 Å². The molecular formula is C10H12BrN3OS. The number of likely N-dealkylation sites (N-methyl/N-ethyl adjacent to an activating group) is 1. The lowest BCUT2D eigenvalue weighted by Gasteiger charge is -2.19. The minimum atomic E-state index is -0.382. The van der Waals surface area contributed by atoms with Crippen molar-refractivity contribution in [2.75, 3.05) is 18.5 Å². The number of hydrogen-bond acceptors (Lipinski definition) is 3. The van der Waals surface area contributed by atoms with E-state index in [0.29, 0.717) is 4.99 Å². The molecule has 4 N–H and O–H groups in total. The number of carbonyl (C=O) groups excluding carboxylic acids is 1. The Labute approximate surface area is 108 Å².